The lowest BCUT2D eigenvalue weighted by Crippen LogP contribution is -2.33. The fourth-order valence-corrected chi connectivity index (χ4v) is 3.12. The monoisotopic (exact) mass is 411 g/mol. The van der Waals surface area contributed by atoms with Crippen molar-refractivity contribution in [2.24, 2.45) is 0 Å². The van der Waals surface area contributed by atoms with Crippen molar-refractivity contribution < 1.29 is 20.1 Å². The molecule has 3 rings (SSSR count). The van der Waals surface area contributed by atoms with E-state index in [9.17, 15) is 15.3 Å². The zero-order chi connectivity index (χ0) is 17.6. The van der Waals surface area contributed by atoms with E-state index >= 15 is 0 Å². The number of rotatable bonds is 4. The number of hydrogen-bond acceptors (Lipinski definition) is 6. The summed E-state index contributed by atoms with van der Waals surface area (Å²) in [6.07, 6.45) is -4.22. The van der Waals surface area contributed by atoms with Crippen molar-refractivity contribution in [3.8, 4) is 0 Å². The third-order valence-corrected chi connectivity index (χ3v) is 4.64. The lowest BCUT2D eigenvalue weighted by molar-refractivity contribution is -0.0499. The van der Waals surface area contributed by atoms with Crippen molar-refractivity contribution in [3.63, 3.8) is 0 Å². The van der Waals surface area contributed by atoms with Gasteiger partial charge in [-0.05, 0) is 26.0 Å². The molecule has 0 bridgehead atoms. The predicted molar refractivity (Wildman–Crippen MR) is 98.8 cm³/mol. The van der Waals surface area contributed by atoms with E-state index in [1.807, 2.05) is 13.8 Å². The second kappa shape index (κ2) is 7.84. The molecule has 7 nitrogen and oxygen atoms in total. The normalized spacial score (nSPS) is 26.2. The highest BCUT2D eigenvalue weighted by molar-refractivity contribution is 6.42. The number of ether oxygens (including phenoxy) is 1. The second-order valence-corrected chi connectivity index (χ2v) is 6.90. The molecular formula is C15H20Cl3N3O4. The van der Waals surface area contributed by atoms with Gasteiger partial charge in [0.05, 0.1) is 27.7 Å². The Morgan fingerprint density at radius 3 is 2.44 bits per heavy atom. The van der Waals surface area contributed by atoms with E-state index in [2.05, 4.69) is 10.3 Å². The summed E-state index contributed by atoms with van der Waals surface area (Å²) >= 11 is 12.2. The van der Waals surface area contributed by atoms with Crippen LogP contribution in [0.4, 0.5) is 5.95 Å². The Morgan fingerprint density at radius 1 is 1.24 bits per heavy atom. The number of fused-ring (bicyclic) bond motifs is 1. The van der Waals surface area contributed by atoms with Crippen LogP contribution < -0.4 is 5.32 Å². The van der Waals surface area contributed by atoms with E-state index in [1.54, 1.807) is 16.7 Å². The summed E-state index contributed by atoms with van der Waals surface area (Å²) in [4.78, 5) is 4.48. The van der Waals surface area contributed by atoms with Crippen LogP contribution in [0.25, 0.3) is 11.0 Å². The molecule has 1 unspecified atom stereocenters. The first kappa shape index (κ1) is 20.5. The highest BCUT2D eigenvalue weighted by Crippen LogP contribution is 2.37. The summed E-state index contributed by atoms with van der Waals surface area (Å²) in [5.74, 6) is 0.452. The van der Waals surface area contributed by atoms with Crippen LogP contribution in [0.2, 0.25) is 10.0 Å². The molecule has 1 saturated heterocycles. The maximum Gasteiger partial charge on any atom is 0.206 e. The van der Waals surface area contributed by atoms with Crippen molar-refractivity contribution >= 4 is 52.6 Å². The van der Waals surface area contributed by atoms with Crippen LogP contribution in [0.1, 0.15) is 20.1 Å². The van der Waals surface area contributed by atoms with E-state index in [0.717, 1.165) is 0 Å². The van der Waals surface area contributed by atoms with Crippen molar-refractivity contribution in [2.45, 2.75) is 44.4 Å². The van der Waals surface area contributed by atoms with Crippen molar-refractivity contribution in [1.29, 1.82) is 0 Å². The molecule has 1 fully saturated rings. The Bertz CT molecular complexity index is 755. The van der Waals surface area contributed by atoms with E-state index < -0.39 is 31.1 Å². The number of aliphatic hydroxyl groups excluding tert-OH is 3. The minimum Gasteiger partial charge on any atom is -0.394 e. The van der Waals surface area contributed by atoms with Gasteiger partial charge in [0, 0.05) is 6.04 Å². The Kier molecular flexibility index (Phi) is 6.43. The Balaban J connectivity index is 0.00000225. The minimum atomic E-state index is -1.22. The number of aromatic nitrogens is 2. The number of nitrogens with zero attached hydrogens (tertiary/aromatic N) is 2. The van der Waals surface area contributed by atoms with Crippen molar-refractivity contribution in [1.82, 2.24) is 9.55 Å². The van der Waals surface area contributed by atoms with Gasteiger partial charge in [-0.15, -0.1) is 12.4 Å². The molecule has 2 aromatic rings. The van der Waals surface area contributed by atoms with Crippen LogP contribution in [0.15, 0.2) is 12.1 Å². The first-order valence-corrected chi connectivity index (χ1v) is 8.35. The maximum absolute atomic E-state index is 10.4. The van der Waals surface area contributed by atoms with Gasteiger partial charge in [-0.3, -0.25) is 4.57 Å². The molecule has 0 saturated carbocycles. The first-order chi connectivity index (χ1) is 11.3. The topological polar surface area (TPSA) is 99.8 Å². The lowest BCUT2D eigenvalue weighted by Gasteiger charge is -2.21. The van der Waals surface area contributed by atoms with Crippen LogP contribution in [0, 0.1) is 0 Å². The van der Waals surface area contributed by atoms with Crippen LogP contribution in [0.5, 0.6) is 0 Å². The van der Waals surface area contributed by atoms with Crippen molar-refractivity contribution in [2.75, 3.05) is 11.9 Å². The Hall–Kier alpha value is -0.800. The number of aliphatic hydroxyl groups is 3. The minimum absolute atomic E-state index is 0. The highest BCUT2D eigenvalue weighted by Gasteiger charge is 2.44. The van der Waals surface area contributed by atoms with Crippen LogP contribution in [-0.2, 0) is 4.74 Å². The van der Waals surface area contributed by atoms with Crippen LogP contribution in [0.3, 0.4) is 0 Å². The van der Waals surface area contributed by atoms with Gasteiger partial charge in [-0.1, -0.05) is 23.2 Å². The highest BCUT2D eigenvalue weighted by atomic mass is 35.5. The fraction of sp³-hybridized carbons (Fsp3) is 0.533. The number of anilines is 1. The van der Waals surface area contributed by atoms with E-state index in [1.165, 1.54) is 0 Å². The molecule has 0 spiro atoms. The van der Waals surface area contributed by atoms with Gasteiger partial charge in [-0.2, -0.15) is 0 Å². The first-order valence-electron chi connectivity index (χ1n) is 7.59. The Labute approximate surface area is 160 Å². The van der Waals surface area contributed by atoms with E-state index in [4.69, 9.17) is 27.9 Å². The van der Waals surface area contributed by atoms with Crippen LogP contribution in [-0.4, -0.2) is 55.8 Å². The van der Waals surface area contributed by atoms with Gasteiger partial charge >= 0.3 is 0 Å². The molecule has 1 aliphatic heterocycles. The molecule has 0 amide bonds. The molecule has 25 heavy (non-hydrogen) atoms. The van der Waals surface area contributed by atoms with E-state index in [0.29, 0.717) is 27.0 Å². The van der Waals surface area contributed by atoms with Gasteiger partial charge in [0.1, 0.15) is 18.3 Å². The third-order valence-electron chi connectivity index (χ3n) is 3.92. The smallest absolute Gasteiger partial charge is 0.206 e. The number of hydrogen-bond donors (Lipinski definition) is 4. The van der Waals surface area contributed by atoms with E-state index in [-0.39, 0.29) is 18.4 Å². The zero-order valence-corrected chi connectivity index (χ0v) is 15.9. The molecule has 4 atom stereocenters. The van der Waals surface area contributed by atoms with Gasteiger partial charge in [0.2, 0.25) is 5.95 Å². The van der Waals surface area contributed by atoms with Gasteiger partial charge in [0.15, 0.2) is 6.23 Å². The molecule has 10 heteroatoms. The summed E-state index contributed by atoms with van der Waals surface area (Å²) < 4.78 is 7.26. The molecular weight excluding hydrogens is 393 g/mol. The second-order valence-electron chi connectivity index (χ2n) is 6.09. The standard InChI is InChI=1S/C15H19Cl2N3O4.ClH/c1-6(2)18-15-19-9-3-7(16)8(17)4-10(9)20(15)14-13(23)12(22)11(5-21)24-14;/h3-4,6,11-14,21-23H,5H2,1-2H3,(H,18,19);1H/t11-,12-,13-,14?;/m0./s1. The lowest BCUT2D eigenvalue weighted by atomic mass is 10.1. The molecule has 2 heterocycles. The van der Waals surface area contributed by atoms with Gasteiger partial charge < -0.3 is 25.4 Å². The quantitative estimate of drug-likeness (QED) is 0.614. The summed E-state index contributed by atoms with van der Waals surface area (Å²) in [6, 6.07) is 3.33. The molecule has 4 N–H and O–H groups in total. The number of benzene rings is 1. The Morgan fingerprint density at radius 2 is 1.88 bits per heavy atom. The molecule has 0 aliphatic carbocycles. The van der Waals surface area contributed by atoms with Gasteiger partial charge in [0.25, 0.3) is 0 Å². The molecule has 1 aromatic carbocycles. The summed E-state index contributed by atoms with van der Waals surface area (Å²) in [5.41, 5.74) is 1.17. The molecule has 0 radical (unpaired) electrons. The SMILES string of the molecule is CC(C)Nc1nc2cc(Cl)c(Cl)cc2n1C1O[C@@H](CO)[C@H](O)[C@@H]1O.Cl. The third kappa shape index (κ3) is 3.68. The average molecular weight is 413 g/mol. The van der Waals surface area contributed by atoms with Crippen molar-refractivity contribution in [3.05, 3.63) is 22.2 Å². The molecule has 140 valence electrons. The number of imidazole rings is 1. The van der Waals surface area contributed by atoms with Gasteiger partial charge in [-0.25, -0.2) is 4.98 Å². The fourth-order valence-electron chi connectivity index (χ4n) is 2.80. The summed E-state index contributed by atoms with van der Waals surface area (Å²) in [6.45, 7) is 3.49. The molecule has 1 aromatic heterocycles. The average Bonchev–Trinajstić information content (AvgIpc) is 2.97. The molecule has 1 aliphatic rings. The number of nitrogens with one attached hydrogen (secondary N) is 1. The predicted octanol–water partition coefficient (Wildman–Crippen LogP) is 2.20. The van der Waals surface area contributed by atoms with Crippen LogP contribution >= 0.6 is 35.6 Å². The number of halogens is 3. The summed E-state index contributed by atoms with van der Waals surface area (Å²) in [7, 11) is 0. The zero-order valence-electron chi connectivity index (χ0n) is 13.6. The maximum atomic E-state index is 10.4. The summed E-state index contributed by atoms with van der Waals surface area (Å²) in [5, 5.41) is 33.6. The largest absolute Gasteiger partial charge is 0.394 e.